The lowest BCUT2D eigenvalue weighted by Crippen LogP contribution is -2.52. The van der Waals surface area contributed by atoms with Gasteiger partial charge in [0.1, 0.15) is 0 Å². The quantitative estimate of drug-likeness (QED) is 0.859. The Kier molecular flexibility index (Phi) is 8.51. The molecular formula is C18H29Cl2N3O. The second kappa shape index (κ2) is 9.62. The minimum absolute atomic E-state index is 0. The molecule has 0 spiro atoms. The number of benzene rings is 1. The molecule has 1 unspecified atom stereocenters. The van der Waals surface area contributed by atoms with Crippen molar-refractivity contribution in [3.63, 3.8) is 0 Å². The highest BCUT2D eigenvalue weighted by Crippen LogP contribution is 2.25. The van der Waals surface area contributed by atoms with Gasteiger partial charge in [0.25, 0.3) is 0 Å². The Labute approximate surface area is 156 Å². The lowest BCUT2D eigenvalue weighted by molar-refractivity contribution is -0.136. The largest absolute Gasteiger partial charge is 0.337 e. The number of piperazine rings is 1. The average Bonchev–Trinajstić information content (AvgIpc) is 2.46. The minimum Gasteiger partial charge on any atom is -0.337 e. The Bertz CT molecular complexity index is 529. The Hall–Kier alpha value is -0.810. The zero-order valence-corrected chi connectivity index (χ0v) is 16.5. The van der Waals surface area contributed by atoms with E-state index in [9.17, 15) is 4.79 Å². The van der Waals surface area contributed by atoms with Crippen LogP contribution in [-0.2, 0) is 4.79 Å². The molecule has 1 N–H and O–H groups in total. The molecule has 1 aliphatic heterocycles. The number of carbonyl (C=O) groups is 1. The van der Waals surface area contributed by atoms with E-state index in [1.54, 1.807) is 0 Å². The number of carbonyl (C=O) groups excluding carboxylic acids is 1. The van der Waals surface area contributed by atoms with Crippen LogP contribution >= 0.6 is 24.0 Å². The molecule has 24 heavy (non-hydrogen) atoms. The maximum Gasteiger partial charge on any atom is 0.237 e. The summed E-state index contributed by atoms with van der Waals surface area (Å²) in [5.74, 6) is 0.198. The fourth-order valence-corrected chi connectivity index (χ4v) is 3.60. The lowest BCUT2D eigenvalue weighted by atomic mass is 10.0. The van der Waals surface area contributed by atoms with Crippen LogP contribution in [0.5, 0.6) is 0 Å². The van der Waals surface area contributed by atoms with Crippen LogP contribution in [-0.4, -0.2) is 54.0 Å². The van der Waals surface area contributed by atoms with Crippen LogP contribution in [0.2, 0.25) is 5.02 Å². The van der Waals surface area contributed by atoms with Gasteiger partial charge in [-0.25, -0.2) is 0 Å². The summed E-state index contributed by atoms with van der Waals surface area (Å²) in [4.78, 5) is 17.0. The highest BCUT2D eigenvalue weighted by Gasteiger charge is 2.28. The zero-order chi connectivity index (χ0) is 17.0. The van der Waals surface area contributed by atoms with Crippen molar-refractivity contribution in [2.75, 3.05) is 26.2 Å². The molecule has 0 saturated carbocycles. The molecule has 0 aromatic heterocycles. The summed E-state index contributed by atoms with van der Waals surface area (Å²) in [6.45, 7) is 11.4. The smallest absolute Gasteiger partial charge is 0.237 e. The predicted octanol–water partition coefficient (Wildman–Crippen LogP) is 3.35. The summed E-state index contributed by atoms with van der Waals surface area (Å²) in [5, 5.41) is 4.16. The van der Waals surface area contributed by atoms with Gasteiger partial charge in [-0.3, -0.25) is 9.69 Å². The number of nitrogens with one attached hydrogen (secondary N) is 1. The van der Waals surface area contributed by atoms with Crippen LogP contribution in [0.25, 0.3) is 0 Å². The third-order valence-corrected chi connectivity index (χ3v) is 4.56. The summed E-state index contributed by atoms with van der Waals surface area (Å²) in [7, 11) is 0. The SMILES string of the molecule is CC(C)N(C(=O)CN1CCNCC1c1cccc(Cl)c1)C(C)C.Cl. The molecule has 1 aromatic carbocycles. The Morgan fingerprint density at radius 3 is 2.58 bits per heavy atom. The molecule has 1 atom stereocenters. The first-order valence-electron chi connectivity index (χ1n) is 8.41. The topological polar surface area (TPSA) is 35.6 Å². The molecular weight excluding hydrogens is 345 g/mol. The molecule has 1 heterocycles. The fourth-order valence-electron chi connectivity index (χ4n) is 3.41. The van der Waals surface area contributed by atoms with Crippen molar-refractivity contribution in [3.8, 4) is 0 Å². The van der Waals surface area contributed by atoms with Gasteiger partial charge in [0.15, 0.2) is 0 Å². The molecule has 2 rings (SSSR count). The predicted molar refractivity (Wildman–Crippen MR) is 103 cm³/mol. The van der Waals surface area contributed by atoms with Gasteiger partial charge >= 0.3 is 0 Å². The molecule has 4 nitrogen and oxygen atoms in total. The highest BCUT2D eigenvalue weighted by atomic mass is 35.5. The van der Waals surface area contributed by atoms with Crippen LogP contribution in [0.3, 0.4) is 0 Å². The molecule has 1 aliphatic rings. The van der Waals surface area contributed by atoms with Gasteiger partial charge in [0.05, 0.1) is 6.54 Å². The summed E-state index contributed by atoms with van der Waals surface area (Å²) in [5.41, 5.74) is 1.16. The van der Waals surface area contributed by atoms with Gasteiger partial charge in [-0.15, -0.1) is 12.4 Å². The maximum absolute atomic E-state index is 12.8. The molecule has 0 radical (unpaired) electrons. The molecule has 1 aromatic rings. The zero-order valence-electron chi connectivity index (χ0n) is 15.0. The van der Waals surface area contributed by atoms with E-state index in [1.165, 1.54) is 0 Å². The number of hydrogen-bond donors (Lipinski definition) is 1. The van der Waals surface area contributed by atoms with Gasteiger partial charge in [0, 0.05) is 42.8 Å². The summed E-state index contributed by atoms with van der Waals surface area (Å²) in [6, 6.07) is 8.57. The Morgan fingerprint density at radius 2 is 2.00 bits per heavy atom. The van der Waals surface area contributed by atoms with Crippen LogP contribution < -0.4 is 5.32 Å². The molecule has 136 valence electrons. The van der Waals surface area contributed by atoms with Crippen molar-refractivity contribution in [1.29, 1.82) is 0 Å². The number of hydrogen-bond acceptors (Lipinski definition) is 3. The van der Waals surface area contributed by atoms with Gasteiger partial charge in [0.2, 0.25) is 5.91 Å². The fraction of sp³-hybridized carbons (Fsp3) is 0.611. The van der Waals surface area contributed by atoms with E-state index in [2.05, 4.69) is 44.0 Å². The van der Waals surface area contributed by atoms with Gasteiger partial charge in [-0.2, -0.15) is 0 Å². The third-order valence-electron chi connectivity index (χ3n) is 4.33. The average molecular weight is 374 g/mol. The third kappa shape index (κ3) is 5.35. The van der Waals surface area contributed by atoms with E-state index < -0.39 is 0 Å². The van der Waals surface area contributed by atoms with Crippen molar-refractivity contribution in [1.82, 2.24) is 15.1 Å². The monoisotopic (exact) mass is 373 g/mol. The van der Waals surface area contributed by atoms with E-state index in [4.69, 9.17) is 11.6 Å². The van der Waals surface area contributed by atoms with E-state index in [0.29, 0.717) is 6.54 Å². The second-order valence-electron chi connectivity index (χ2n) is 6.73. The van der Waals surface area contributed by atoms with Crippen molar-refractivity contribution in [3.05, 3.63) is 34.9 Å². The first kappa shape index (κ1) is 21.2. The molecule has 1 saturated heterocycles. The second-order valence-corrected chi connectivity index (χ2v) is 7.17. The molecule has 0 bridgehead atoms. The normalized spacial score (nSPS) is 18.5. The molecule has 0 aliphatic carbocycles. The van der Waals surface area contributed by atoms with Gasteiger partial charge in [-0.1, -0.05) is 23.7 Å². The van der Waals surface area contributed by atoms with Crippen LogP contribution in [0, 0.1) is 0 Å². The van der Waals surface area contributed by atoms with Gasteiger partial charge in [-0.05, 0) is 45.4 Å². The van der Waals surface area contributed by atoms with E-state index in [1.807, 2.05) is 23.1 Å². The van der Waals surface area contributed by atoms with Gasteiger partial charge < -0.3 is 10.2 Å². The minimum atomic E-state index is 0. The highest BCUT2D eigenvalue weighted by molar-refractivity contribution is 6.30. The van der Waals surface area contributed by atoms with Crippen molar-refractivity contribution >= 4 is 29.9 Å². The summed E-state index contributed by atoms with van der Waals surface area (Å²) in [6.07, 6.45) is 0. The lowest BCUT2D eigenvalue weighted by Gasteiger charge is -2.39. The number of rotatable bonds is 5. The molecule has 1 amide bonds. The summed E-state index contributed by atoms with van der Waals surface area (Å²) >= 11 is 6.14. The Morgan fingerprint density at radius 1 is 1.33 bits per heavy atom. The van der Waals surface area contributed by atoms with Crippen molar-refractivity contribution in [2.45, 2.75) is 45.8 Å². The Balaban J connectivity index is 0.00000288. The van der Waals surface area contributed by atoms with Crippen LogP contribution in [0.1, 0.15) is 39.3 Å². The van der Waals surface area contributed by atoms with Crippen LogP contribution in [0.15, 0.2) is 24.3 Å². The molecule has 1 fully saturated rings. The van der Waals surface area contributed by atoms with E-state index in [0.717, 1.165) is 30.2 Å². The number of nitrogens with zero attached hydrogens (tertiary/aromatic N) is 2. The van der Waals surface area contributed by atoms with E-state index >= 15 is 0 Å². The van der Waals surface area contributed by atoms with Crippen LogP contribution in [0.4, 0.5) is 0 Å². The van der Waals surface area contributed by atoms with Crippen molar-refractivity contribution < 1.29 is 4.79 Å². The maximum atomic E-state index is 12.8. The van der Waals surface area contributed by atoms with E-state index in [-0.39, 0.29) is 36.4 Å². The molecule has 6 heteroatoms. The first-order valence-corrected chi connectivity index (χ1v) is 8.79. The standard InChI is InChI=1S/C18H28ClN3O.ClH/c1-13(2)22(14(3)4)18(23)12-21-9-8-20-11-17(21)15-6-5-7-16(19)10-15;/h5-7,10,13-14,17,20H,8-9,11-12H2,1-4H3;1H. The summed E-state index contributed by atoms with van der Waals surface area (Å²) < 4.78 is 0. The van der Waals surface area contributed by atoms with Crippen molar-refractivity contribution in [2.24, 2.45) is 0 Å². The first-order chi connectivity index (χ1) is 10.9. The number of amides is 1. The number of halogens is 2.